The van der Waals surface area contributed by atoms with E-state index in [1.54, 1.807) is 35.7 Å². The molecule has 0 saturated heterocycles. The molecule has 6 nitrogen and oxygen atoms in total. The molecule has 0 bridgehead atoms. The van der Waals surface area contributed by atoms with Gasteiger partial charge in [-0.15, -0.1) is 11.3 Å². The first-order valence-electron chi connectivity index (χ1n) is 11.7. The van der Waals surface area contributed by atoms with Crippen LogP contribution in [-0.2, 0) is 11.2 Å². The van der Waals surface area contributed by atoms with E-state index >= 15 is 0 Å². The number of hydrogen-bond acceptors (Lipinski definition) is 6. The summed E-state index contributed by atoms with van der Waals surface area (Å²) >= 11 is 1.57. The summed E-state index contributed by atoms with van der Waals surface area (Å²) in [6.45, 7) is 0.331. The van der Waals surface area contributed by atoms with E-state index in [1.807, 2.05) is 35.7 Å². The summed E-state index contributed by atoms with van der Waals surface area (Å²) in [7, 11) is 0. The number of hydrogen-bond donors (Lipinski definition) is 1. The molecule has 1 aliphatic heterocycles. The maximum Gasteiger partial charge on any atom is 0.304 e. The fraction of sp³-hybridized carbons (Fsp3) is 0.214. The topological polar surface area (TPSA) is 77.9 Å². The van der Waals surface area contributed by atoms with Gasteiger partial charge in [-0.3, -0.25) is 4.79 Å². The van der Waals surface area contributed by atoms with Crippen LogP contribution in [0.1, 0.15) is 41.6 Å². The standard InChI is InChI=1S/C28H22FNO5S/c29-22-8-10-23(34-18-3-1-16(2-4-18)28-30-11-12-36-28)21-7-9-24(27(21)22)35-19-5-6-20-17(13-26(31)32)15-33-25(20)14-19/h1-6,8,10-12,14,17,24H,7,9,13,15H2,(H,31,32)/t17-,24-/m1/s1. The maximum absolute atomic E-state index is 14.9. The van der Waals surface area contributed by atoms with Gasteiger partial charge < -0.3 is 19.3 Å². The summed E-state index contributed by atoms with van der Waals surface area (Å²) in [6.07, 6.45) is 2.59. The Labute approximate surface area is 210 Å². The smallest absolute Gasteiger partial charge is 0.304 e. The van der Waals surface area contributed by atoms with Gasteiger partial charge in [0, 0.05) is 45.8 Å². The molecule has 0 fully saturated rings. The predicted molar refractivity (Wildman–Crippen MR) is 133 cm³/mol. The van der Waals surface area contributed by atoms with Crippen molar-refractivity contribution < 1.29 is 28.5 Å². The number of carbonyl (C=O) groups is 1. The Bertz CT molecular complexity index is 1420. The molecular formula is C28H22FNO5S. The SMILES string of the molecule is O=C(O)C[C@@H]1COc2cc(O[C@@H]3CCc4c(Oc5ccc(-c6nccs6)cc5)ccc(F)c43)ccc21. The molecule has 1 aromatic heterocycles. The lowest BCUT2D eigenvalue weighted by atomic mass is 9.98. The van der Waals surface area contributed by atoms with Gasteiger partial charge in [-0.1, -0.05) is 6.07 Å². The molecule has 1 N–H and O–H groups in total. The van der Waals surface area contributed by atoms with Gasteiger partial charge in [-0.2, -0.15) is 0 Å². The number of ether oxygens (including phenoxy) is 3. The average Bonchev–Trinajstić information content (AvgIpc) is 3.63. The van der Waals surface area contributed by atoms with Gasteiger partial charge >= 0.3 is 5.97 Å². The van der Waals surface area contributed by atoms with Gasteiger partial charge in [0.25, 0.3) is 0 Å². The predicted octanol–water partition coefficient (Wildman–Crippen LogP) is 6.76. The van der Waals surface area contributed by atoms with Crippen LogP contribution in [-0.4, -0.2) is 22.7 Å². The Morgan fingerprint density at radius 1 is 1.14 bits per heavy atom. The van der Waals surface area contributed by atoms with Crippen molar-refractivity contribution in [1.29, 1.82) is 0 Å². The molecule has 1 aliphatic carbocycles. The lowest BCUT2D eigenvalue weighted by molar-refractivity contribution is -0.137. The summed E-state index contributed by atoms with van der Waals surface area (Å²) < 4.78 is 33.0. The second-order valence-electron chi connectivity index (χ2n) is 8.85. The van der Waals surface area contributed by atoms with E-state index in [4.69, 9.17) is 19.3 Å². The van der Waals surface area contributed by atoms with Crippen molar-refractivity contribution in [1.82, 2.24) is 4.98 Å². The Kier molecular flexibility index (Phi) is 5.81. The van der Waals surface area contributed by atoms with Gasteiger partial charge in [-0.05, 0) is 55.3 Å². The Hall–Kier alpha value is -3.91. The summed E-state index contributed by atoms with van der Waals surface area (Å²) in [6, 6.07) is 16.2. The number of carboxylic acids is 1. The zero-order valence-corrected chi connectivity index (χ0v) is 20.0. The van der Waals surface area contributed by atoms with Gasteiger partial charge in [0.15, 0.2) is 0 Å². The maximum atomic E-state index is 14.9. The molecule has 0 unspecified atom stereocenters. The number of halogens is 1. The largest absolute Gasteiger partial charge is 0.492 e. The second-order valence-corrected chi connectivity index (χ2v) is 9.75. The molecule has 4 aromatic rings. The molecule has 2 heterocycles. The summed E-state index contributed by atoms with van der Waals surface area (Å²) in [5.41, 5.74) is 3.20. The minimum Gasteiger partial charge on any atom is -0.492 e. The lowest BCUT2D eigenvalue weighted by Gasteiger charge is -2.17. The third-order valence-corrected chi connectivity index (χ3v) is 7.39. The Morgan fingerprint density at radius 3 is 2.75 bits per heavy atom. The van der Waals surface area contributed by atoms with Crippen LogP contribution < -0.4 is 14.2 Å². The van der Waals surface area contributed by atoms with Crippen LogP contribution in [0.5, 0.6) is 23.0 Å². The highest BCUT2D eigenvalue weighted by atomic mass is 32.1. The van der Waals surface area contributed by atoms with Crippen LogP contribution in [0, 0.1) is 5.82 Å². The van der Waals surface area contributed by atoms with E-state index < -0.39 is 12.1 Å². The Morgan fingerprint density at radius 2 is 1.97 bits per heavy atom. The van der Waals surface area contributed by atoms with E-state index in [0.29, 0.717) is 48.0 Å². The minimum absolute atomic E-state index is 0.0187. The van der Waals surface area contributed by atoms with E-state index in [2.05, 4.69) is 4.98 Å². The van der Waals surface area contributed by atoms with Gasteiger partial charge in [0.2, 0.25) is 0 Å². The fourth-order valence-corrected chi connectivity index (χ4v) is 5.53. The first-order valence-corrected chi connectivity index (χ1v) is 12.6. The highest BCUT2D eigenvalue weighted by molar-refractivity contribution is 7.13. The molecule has 3 aromatic carbocycles. The number of nitrogens with zero attached hydrogens (tertiary/aromatic N) is 1. The molecule has 0 saturated carbocycles. The van der Waals surface area contributed by atoms with Crippen LogP contribution in [0.15, 0.2) is 66.2 Å². The molecule has 2 atom stereocenters. The zero-order chi connectivity index (χ0) is 24.6. The van der Waals surface area contributed by atoms with Gasteiger partial charge in [-0.25, -0.2) is 9.37 Å². The number of aromatic nitrogens is 1. The minimum atomic E-state index is -0.858. The first kappa shape index (κ1) is 22.5. The van der Waals surface area contributed by atoms with Crippen molar-refractivity contribution in [3.63, 3.8) is 0 Å². The van der Waals surface area contributed by atoms with Crippen molar-refractivity contribution in [3.05, 3.63) is 88.7 Å². The molecular weight excluding hydrogens is 481 g/mol. The van der Waals surface area contributed by atoms with Crippen molar-refractivity contribution in [2.24, 2.45) is 0 Å². The van der Waals surface area contributed by atoms with Crippen molar-refractivity contribution >= 4 is 17.3 Å². The summed E-state index contributed by atoms with van der Waals surface area (Å²) in [4.78, 5) is 15.4. The molecule has 0 spiro atoms. The molecule has 8 heteroatoms. The zero-order valence-electron chi connectivity index (χ0n) is 19.1. The monoisotopic (exact) mass is 503 g/mol. The highest BCUT2D eigenvalue weighted by Crippen LogP contribution is 2.44. The van der Waals surface area contributed by atoms with Crippen LogP contribution in [0.3, 0.4) is 0 Å². The quantitative estimate of drug-likeness (QED) is 0.300. The van der Waals surface area contributed by atoms with Gasteiger partial charge in [0.1, 0.15) is 39.9 Å². The second kappa shape index (κ2) is 9.28. The molecule has 6 rings (SSSR count). The van der Waals surface area contributed by atoms with Crippen LogP contribution in [0.25, 0.3) is 10.6 Å². The number of carboxylic acid groups (broad SMARTS) is 1. The van der Waals surface area contributed by atoms with Crippen molar-refractivity contribution in [2.45, 2.75) is 31.3 Å². The summed E-state index contributed by atoms with van der Waals surface area (Å²) in [5, 5.41) is 12.0. The first-order chi connectivity index (χ1) is 17.5. The van der Waals surface area contributed by atoms with Crippen molar-refractivity contribution in [3.8, 4) is 33.6 Å². The molecule has 0 amide bonds. The highest BCUT2D eigenvalue weighted by Gasteiger charge is 2.32. The average molecular weight is 504 g/mol. The number of benzene rings is 3. The van der Waals surface area contributed by atoms with E-state index in [1.165, 1.54) is 6.07 Å². The molecule has 36 heavy (non-hydrogen) atoms. The third-order valence-electron chi connectivity index (χ3n) is 6.57. The molecule has 182 valence electrons. The van der Waals surface area contributed by atoms with Crippen LogP contribution in [0.4, 0.5) is 4.39 Å². The van der Waals surface area contributed by atoms with Crippen LogP contribution in [0.2, 0.25) is 0 Å². The number of rotatable bonds is 7. The fourth-order valence-electron chi connectivity index (χ4n) is 4.89. The lowest BCUT2D eigenvalue weighted by Crippen LogP contribution is -2.07. The van der Waals surface area contributed by atoms with E-state index in [-0.39, 0.29) is 18.2 Å². The van der Waals surface area contributed by atoms with Crippen molar-refractivity contribution in [2.75, 3.05) is 6.61 Å². The summed E-state index contributed by atoms with van der Waals surface area (Å²) in [5.74, 6) is 1.11. The number of aliphatic carboxylic acids is 1. The normalized spacial score (nSPS) is 17.8. The van der Waals surface area contributed by atoms with E-state index in [9.17, 15) is 9.18 Å². The number of thiazole rings is 1. The number of fused-ring (bicyclic) bond motifs is 2. The van der Waals surface area contributed by atoms with Gasteiger partial charge in [0.05, 0.1) is 13.0 Å². The Balaban J connectivity index is 1.20. The molecule has 2 aliphatic rings. The van der Waals surface area contributed by atoms with Crippen LogP contribution >= 0.6 is 11.3 Å². The third kappa shape index (κ3) is 4.28. The molecule has 0 radical (unpaired) electrons. The van der Waals surface area contributed by atoms with E-state index in [0.717, 1.165) is 21.7 Å².